The number of carbonyl (C=O) groups excluding carboxylic acids is 1. The van der Waals surface area contributed by atoms with Gasteiger partial charge in [0.2, 0.25) is 5.91 Å². The molecule has 118 valence electrons. The topological polar surface area (TPSA) is 63.5 Å². The van der Waals surface area contributed by atoms with E-state index < -0.39 is 4.92 Å². The number of nitro benzene ring substituents is 1. The first-order valence-corrected chi connectivity index (χ1v) is 8.56. The van der Waals surface area contributed by atoms with Gasteiger partial charge in [0, 0.05) is 21.6 Å². The molecular weight excluding hydrogens is 428 g/mol. The molecule has 3 rings (SSSR count). The molecule has 5 nitrogen and oxygen atoms in total. The van der Waals surface area contributed by atoms with Gasteiger partial charge in [0.1, 0.15) is 5.69 Å². The number of anilines is 1. The highest BCUT2D eigenvalue weighted by atomic mass is 79.9. The van der Waals surface area contributed by atoms with Gasteiger partial charge in [-0.2, -0.15) is 0 Å². The highest BCUT2D eigenvalue weighted by molar-refractivity contribution is 9.10. The predicted octanol–water partition coefficient (Wildman–Crippen LogP) is 4.25. The van der Waals surface area contributed by atoms with Crippen LogP contribution in [0.5, 0.6) is 0 Å². The largest absolute Gasteiger partial charge is 0.306 e. The molecule has 2 aromatic carbocycles. The van der Waals surface area contributed by atoms with Gasteiger partial charge in [-0.3, -0.25) is 14.9 Å². The first-order valence-electron chi connectivity index (χ1n) is 6.97. The predicted molar refractivity (Wildman–Crippen MR) is 94.7 cm³/mol. The van der Waals surface area contributed by atoms with E-state index in [1.165, 1.54) is 11.0 Å². The molecule has 0 spiro atoms. The highest BCUT2D eigenvalue weighted by Crippen LogP contribution is 2.39. The van der Waals surface area contributed by atoms with Gasteiger partial charge in [-0.1, -0.05) is 44.0 Å². The maximum atomic E-state index is 12.6. The van der Waals surface area contributed by atoms with Crippen LogP contribution in [-0.2, 0) is 17.6 Å². The van der Waals surface area contributed by atoms with Gasteiger partial charge < -0.3 is 4.90 Å². The fraction of sp³-hybridized carbons (Fsp3) is 0.188. The maximum Gasteiger partial charge on any atom is 0.294 e. The van der Waals surface area contributed by atoms with E-state index in [0.29, 0.717) is 23.1 Å². The molecule has 0 saturated carbocycles. The Morgan fingerprint density at radius 2 is 1.87 bits per heavy atom. The van der Waals surface area contributed by atoms with Crippen molar-refractivity contribution < 1.29 is 9.72 Å². The summed E-state index contributed by atoms with van der Waals surface area (Å²) < 4.78 is 1.60. The molecule has 0 aromatic heterocycles. The van der Waals surface area contributed by atoms with Crippen molar-refractivity contribution >= 4 is 49.1 Å². The van der Waals surface area contributed by atoms with Crippen LogP contribution in [0.25, 0.3) is 0 Å². The Kier molecular flexibility index (Phi) is 4.50. The van der Waals surface area contributed by atoms with Crippen molar-refractivity contribution in [1.29, 1.82) is 0 Å². The van der Waals surface area contributed by atoms with Gasteiger partial charge in [-0.05, 0) is 35.7 Å². The minimum atomic E-state index is -0.436. The highest BCUT2D eigenvalue weighted by Gasteiger charge is 2.32. The lowest BCUT2D eigenvalue weighted by Crippen LogP contribution is -2.30. The molecule has 0 unspecified atom stereocenters. The van der Waals surface area contributed by atoms with E-state index in [1.54, 1.807) is 0 Å². The van der Waals surface area contributed by atoms with E-state index >= 15 is 0 Å². The first kappa shape index (κ1) is 16.1. The molecule has 1 heterocycles. The molecule has 23 heavy (non-hydrogen) atoms. The van der Waals surface area contributed by atoms with E-state index in [9.17, 15) is 14.9 Å². The normalized spacial score (nSPS) is 13.0. The number of carbonyl (C=O) groups is 1. The van der Waals surface area contributed by atoms with Gasteiger partial charge in [-0.25, -0.2) is 0 Å². The molecule has 7 heteroatoms. The fourth-order valence-corrected chi connectivity index (χ4v) is 3.50. The Morgan fingerprint density at radius 1 is 1.17 bits per heavy atom. The number of nitrogens with zero attached hydrogens (tertiary/aromatic N) is 2. The SMILES string of the molecule is O=C(Cc1ccc(Br)cc1)N1CCc2cc(Br)cc([N+](=O)[O-])c21. The van der Waals surface area contributed by atoms with E-state index in [0.717, 1.165) is 15.6 Å². The molecule has 1 aliphatic rings. The van der Waals surface area contributed by atoms with Crippen molar-refractivity contribution in [3.63, 3.8) is 0 Å². The van der Waals surface area contributed by atoms with Gasteiger partial charge in [0.25, 0.3) is 5.69 Å². The molecule has 0 atom stereocenters. The Bertz CT molecular complexity index is 791. The lowest BCUT2D eigenvalue weighted by molar-refractivity contribution is -0.384. The summed E-state index contributed by atoms with van der Waals surface area (Å²) in [5.41, 5.74) is 2.11. The molecule has 1 amide bonds. The number of benzene rings is 2. The first-order chi connectivity index (χ1) is 11.0. The summed E-state index contributed by atoms with van der Waals surface area (Å²) in [6.07, 6.45) is 0.849. The van der Waals surface area contributed by atoms with Crippen molar-refractivity contribution in [1.82, 2.24) is 0 Å². The standard InChI is InChI=1S/C16H12Br2N2O3/c17-12-3-1-10(2-4-12)7-15(21)19-6-5-11-8-13(18)9-14(16(11)19)20(22)23/h1-4,8-9H,5-7H2. The van der Waals surface area contributed by atoms with Crippen molar-refractivity contribution in [2.24, 2.45) is 0 Å². The summed E-state index contributed by atoms with van der Waals surface area (Å²) >= 11 is 6.65. The summed E-state index contributed by atoms with van der Waals surface area (Å²) in [6.45, 7) is 0.474. The summed E-state index contributed by atoms with van der Waals surface area (Å²) in [5, 5.41) is 11.3. The Morgan fingerprint density at radius 3 is 2.52 bits per heavy atom. The minimum Gasteiger partial charge on any atom is -0.306 e. The van der Waals surface area contributed by atoms with Crippen LogP contribution in [0.15, 0.2) is 45.3 Å². The van der Waals surface area contributed by atoms with Crippen LogP contribution in [0, 0.1) is 10.1 Å². The minimum absolute atomic E-state index is 0.0315. The number of amides is 1. The molecule has 2 aromatic rings. The average Bonchev–Trinajstić information content (AvgIpc) is 2.92. The van der Waals surface area contributed by atoms with Crippen molar-refractivity contribution in [3.05, 3.63) is 66.6 Å². The molecular formula is C16H12Br2N2O3. The molecule has 0 aliphatic carbocycles. The third-order valence-electron chi connectivity index (χ3n) is 3.77. The van der Waals surface area contributed by atoms with E-state index in [2.05, 4.69) is 31.9 Å². The third kappa shape index (κ3) is 3.30. The van der Waals surface area contributed by atoms with Gasteiger partial charge >= 0.3 is 0 Å². The van der Waals surface area contributed by atoms with Gasteiger partial charge in [0.05, 0.1) is 11.3 Å². The van der Waals surface area contributed by atoms with E-state index in [-0.39, 0.29) is 18.0 Å². The molecule has 0 bridgehead atoms. The second-order valence-electron chi connectivity index (χ2n) is 5.29. The quantitative estimate of drug-likeness (QED) is 0.530. The molecule has 0 N–H and O–H groups in total. The molecule has 1 aliphatic heterocycles. The Labute approximate surface area is 149 Å². The van der Waals surface area contributed by atoms with Crippen LogP contribution in [0.1, 0.15) is 11.1 Å². The van der Waals surface area contributed by atoms with Crippen LogP contribution < -0.4 is 4.90 Å². The Hall–Kier alpha value is -1.73. The second-order valence-corrected chi connectivity index (χ2v) is 7.12. The molecule has 0 radical (unpaired) electrons. The van der Waals surface area contributed by atoms with Gasteiger partial charge in [0.15, 0.2) is 0 Å². The lowest BCUT2D eigenvalue weighted by Gasteiger charge is -2.17. The van der Waals surface area contributed by atoms with Crippen LogP contribution >= 0.6 is 31.9 Å². The lowest BCUT2D eigenvalue weighted by atomic mass is 10.1. The van der Waals surface area contributed by atoms with Crippen LogP contribution in [0.2, 0.25) is 0 Å². The van der Waals surface area contributed by atoms with Crippen molar-refractivity contribution in [3.8, 4) is 0 Å². The zero-order valence-corrected chi connectivity index (χ0v) is 15.1. The number of hydrogen-bond acceptors (Lipinski definition) is 3. The number of halogens is 2. The van der Waals surface area contributed by atoms with Crippen LogP contribution in [-0.4, -0.2) is 17.4 Å². The summed E-state index contributed by atoms with van der Waals surface area (Å²) in [7, 11) is 0. The number of rotatable bonds is 3. The zero-order valence-electron chi connectivity index (χ0n) is 12.0. The fourth-order valence-electron chi connectivity index (χ4n) is 2.75. The number of nitro groups is 1. The second kappa shape index (κ2) is 6.41. The monoisotopic (exact) mass is 438 g/mol. The summed E-state index contributed by atoms with van der Waals surface area (Å²) in [5.74, 6) is -0.128. The summed E-state index contributed by atoms with van der Waals surface area (Å²) in [6, 6.07) is 10.8. The smallest absolute Gasteiger partial charge is 0.294 e. The van der Waals surface area contributed by atoms with E-state index in [1.807, 2.05) is 30.3 Å². The maximum absolute atomic E-state index is 12.6. The molecule has 0 saturated heterocycles. The van der Waals surface area contributed by atoms with Crippen LogP contribution in [0.4, 0.5) is 11.4 Å². The van der Waals surface area contributed by atoms with Gasteiger partial charge in [-0.15, -0.1) is 0 Å². The average molecular weight is 440 g/mol. The Balaban J connectivity index is 1.91. The zero-order chi connectivity index (χ0) is 16.6. The third-order valence-corrected chi connectivity index (χ3v) is 4.76. The van der Waals surface area contributed by atoms with Crippen LogP contribution in [0.3, 0.4) is 0 Å². The number of hydrogen-bond donors (Lipinski definition) is 0. The van der Waals surface area contributed by atoms with Crippen molar-refractivity contribution in [2.45, 2.75) is 12.8 Å². The number of fused-ring (bicyclic) bond motifs is 1. The van der Waals surface area contributed by atoms with Crippen molar-refractivity contribution in [2.75, 3.05) is 11.4 Å². The van der Waals surface area contributed by atoms with E-state index in [4.69, 9.17) is 0 Å². The molecule has 0 fully saturated rings. The summed E-state index contributed by atoms with van der Waals surface area (Å²) in [4.78, 5) is 25.0.